The van der Waals surface area contributed by atoms with Gasteiger partial charge in [-0.2, -0.15) is 0 Å². The Hall–Kier alpha value is -2.35. The molecule has 0 amide bonds. The number of nitrogens with zero attached hydrogens (tertiary/aromatic N) is 1. The van der Waals surface area contributed by atoms with E-state index in [4.69, 9.17) is 4.99 Å². The number of allylic oxidation sites excluding steroid dienone is 2. The van der Waals surface area contributed by atoms with Gasteiger partial charge in [0.25, 0.3) is 0 Å². The molecule has 1 aliphatic rings. The highest BCUT2D eigenvalue weighted by Crippen LogP contribution is 2.37. The van der Waals surface area contributed by atoms with Crippen LogP contribution in [0.4, 0.5) is 5.69 Å². The number of aryl methyl sites for hydroxylation is 1. The van der Waals surface area contributed by atoms with Gasteiger partial charge in [-0.05, 0) is 73.9 Å². The molecule has 2 heteroatoms. The quantitative estimate of drug-likeness (QED) is 0.729. The first-order valence-electron chi connectivity index (χ1n) is 9.27. The summed E-state index contributed by atoms with van der Waals surface area (Å²) in [6.45, 7) is 4.42. The zero-order chi connectivity index (χ0) is 17.6. The molecule has 0 saturated carbocycles. The van der Waals surface area contributed by atoms with Gasteiger partial charge in [0.05, 0.1) is 5.92 Å². The molecule has 0 fully saturated rings. The number of hydrogen-bond acceptors (Lipinski definition) is 2. The molecule has 2 aromatic carbocycles. The summed E-state index contributed by atoms with van der Waals surface area (Å²) in [5, 5.41) is 3.27. The lowest BCUT2D eigenvalue weighted by atomic mass is 9.84. The smallest absolute Gasteiger partial charge is 0.0513 e. The van der Waals surface area contributed by atoms with Crippen molar-refractivity contribution in [3.05, 3.63) is 76.5 Å². The molecule has 3 rings (SSSR count). The van der Waals surface area contributed by atoms with Crippen LogP contribution in [0.15, 0.2) is 59.2 Å². The minimum Gasteiger partial charge on any atom is -0.388 e. The monoisotopic (exact) mass is 332 g/mol. The van der Waals surface area contributed by atoms with E-state index in [-0.39, 0.29) is 5.92 Å². The lowest BCUT2D eigenvalue weighted by Crippen LogP contribution is -2.08. The van der Waals surface area contributed by atoms with Crippen molar-refractivity contribution < 1.29 is 0 Å². The predicted molar refractivity (Wildman–Crippen MR) is 109 cm³/mol. The summed E-state index contributed by atoms with van der Waals surface area (Å²) in [5.41, 5.74) is 7.68. The van der Waals surface area contributed by atoms with Crippen LogP contribution in [0.2, 0.25) is 0 Å². The first-order chi connectivity index (χ1) is 12.2. The molecule has 1 N–H and O–H groups in total. The highest BCUT2D eigenvalue weighted by Gasteiger charge is 2.21. The summed E-state index contributed by atoms with van der Waals surface area (Å²) in [6, 6.07) is 15.3. The van der Waals surface area contributed by atoms with Crippen molar-refractivity contribution >= 4 is 11.9 Å². The third kappa shape index (κ3) is 4.01. The average molecular weight is 332 g/mol. The van der Waals surface area contributed by atoms with Crippen molar-refractivity contribution in [1.82, 2.24) is 0 Å². The topological polar surface area (TPSA) is 24.4 Å². The van der Waals surface area contributed by atoms with Crippen LogP contribution >= 0.6 is 0 Å². The standard InChI is InChI=1S/C23H28N2/c1-17-10-8-13-21(18(17)2)23(19-11-9-12-20(16-19)24-3)22-14-6-4-5-7-15-25-22/h8-16,23-24H,4-7H2,1-3H3/b22-14-,25-15?. The second-order valence-corrected chi connectivity index (χ2v) is 6.82. The van der Waals surface area contributed by atoms with Gasteiger partial charge >= 0.3 is 0 Å². The molecule has 2 nitrogen and oxygen atoms in total. The van der Waals surface area contributed by atoms with E-state index in [9.17, 15) is 0 Å². The van der Waals surface area contributed by atoms with Gasteiger partial charge in [-0.25, -0.2) is 0 Å². The summed E-state index contributed by atoms with van der Waals surface area (Å²) in [4.78, 5) is 4.88. The second-order valence-electron chi connectivity index (χ2n) is 6.82. The van der Waals surface area contributed by atoms with Crippen molar-refractivity contribution in [2.45, 2.75) is 45.4 Å². The van der Waals surface area contributed by atoms with Crippen molar-refractivity contribution in [3.8, 4) is 0 Å². The molecule has 1 heterocycles. The minimum atomic E-state index is 0.183. The van der Waals surface area contributed by atoms with E-state index in [1.54, 1.807) is 0 Å². The molecule has 0 radical (unpaired) electrons. The maximum absolute atomic E-state index is 4.88. The van der Waals surface area contributed by atoms with Crippen molar-refractivity contribution in [3.63, 3.8) is 0 Å². The first-order valence-corrected chi connectivity index (χ1v) is 9.27. The molecule has 25 heavy (non-hydrogen) atoms. The highest BCUT2D eigenvalue weighted by atomic mass is 14.8. The fourth-order valence-electron chi connectivity index (χ4n) is 3.51. The lowest BCUT2D eigenvalue weighted by Gasteiger charge is -2.23. The molecule has 1 atom stereocenters. The van der Waals surface area contributed by atoms with Crippen molar-refractivity contribution in [1.29, 1.82) is 0 Å². The fourth-order valence-corrected chi connectivity index (χ4v) is 3.51. The van der Waals surface area contributed by atoms with E-state index in [0.29, 0.717) is 0 Å². The maximum atomic E-state index is 4.88. The van der Waals surface area contributed by atoms with Gasteiger partial charge in [0.1, 0.15) is 0 Å². The van der Waals surface area contributed by atoms with Crippen LogP contribution in [0.1, 0.15) is 53.9 Å². The number of nitrogens with one attached hydrogen (secondary N) is 1. The van der Waals surface area contributed by atoms with E-state index < -0.39 is 0 Å². The molecule has 0 aliphatic carbocycles. The van der Waals surface area contributed by atoms with Gasteiger partial charge in [-0.15, -0.1) is 0 Å². The highest BCUT2D eigenvalue weighted by molar-refractivity contribution is 5.61. The Morgan fingerprint density at radius 3 is 2.64 bits per heavy atom. The summed E-state index contributed by atoms with van der Waals surface area (Å²) in [6.07, 6.45) is 9.11. The number of anilines is 1. The summed E-state index contributed by atoms with van der Waals surface area (Å²) in [7, 11) is 1.97. The maximum Gasteiger partial charge on any atom is 0.0513 e. The molecular weight excluding hydrogens is 304 g/mol. The van der Waals surface area contributed by atoms with Crippen LogP contribution in [-0.4, -0.2) is 13.3 Å². The van der Waals surface area contributed by atoms with Crippen molar-refractivity contribution in [2.75, 3.05) is 12.4 Å². The number of benzene rings is 2. The van der Waals surface area contributed by atoms with Crippen molar-refractivity contribution in [2.24, 2.45) is 4.99 Å². The molecule has 0 bridgehead atoms. The third-order valence-electron chi connectivity index (χ3n) is 5.14. The Morgan fingerprint density at radius 1 is 1.00 bits per heavy atom. The normalized spacial score (nSPS) is 18.0. The second kappa shape index (κ2) is 8.15. The molecule has 1 unspecified atom stereocenters. The number of rotatable bonds is 4. The summed E-state index contributed by atoms with van der Waals surface area (Å²) in [5.74, 6) is 0.183. The van der Waals surface area contributed by atoms with E-state index in [1.807, 2.05) is 7.05 Å². The molecule has 0 spiro atoms. The van der Waals surface area contributed by atoms with Gasteiger partial charge in [-0.3, -0.25) is 4.99 Å². The number of hydrogen-bond donors (Lipinski definition) is 1. The van der Waals surface area contributed by atoms with E-state index >= 15 is 0 Å². The zero-order valence-electron chi connectivity index (χ0n) is 15.5. The van der Waals surface area contributed by atoms with Crippen LogP contribution in [0.5, 0.6) is 0 Å². The molecular formula is C23H28N2. The first kappa shape index (κ1) is 17.5. The molecule has 1 aliphatic heterocycles. The summed E-state index contributed by atoms with van der Waals surface area (Å²) < 4.78 is 0. The predicted octanol–water partition coefficient (Wildman–Crippen LogP) is 6.01. The number of aliphatic imine (C=N–C) groups is 1. The fraction of sp³-hybridized carbons (Fsp3) is 0.348. The Balaban J connectivity index is 2.15. The van der Waals surface area contributed by atoms with E-state index in [1.165, 1.54) is 40.8 Å². The van der Waals surface area contributed by atoms with Gasteiger partial charge in [0, 0.05) is 24.6 Å². The Bertz CT molecular complexity index is 786. The van der Waals surface area contributed by atoms with Gasteiger partial charge in [-0.1, -0.05) is 36.4 Å². The Kier molecular flexibility index (Phi) is 5.70. The zero-order valence-corrected chi connectivity index (χ0v) is 15.5. The third-order valence-corrected chi connectivity index (χ3v) is 5.14. The van der Waals surface area contributed by atoms with Crippen LogP contribution in [0, 0.1) is 13.8 Å². The van der Waals surface area contributed by atoms with Crippen LogP contribution in [0.3, 0.4) is 0 Å². The van der Waals surface area contributed by atoms with Crippen LogP contribution in [0.25, 0.3) is 0 Å². The average Bonchev–Trinajstić information content (AvgIpc) is 2.60. The molecule has 130 valence electrons. The van der Waals surface area contributed by atoms with E-state index in [0.717, 1.165) is 18.5 Å². The van der Waals surface area contributed by atoms with E-state index in [2.05, 4.69) is 73.9 Å². The molecule has 0 aromatic heterocycles. The largest absolute Gasteiger partial charge is 0.388 e. The Labute approximate surface area is 151 Å². The summed E-state index contributed by atoms with van der Waals surface area (Å²) >= 11 is 0. The van der Waals surface area contributed by atoms with Gasteiger partial charge < -0.3 is 5.32 Å². The SMILES string of the molecule is CNc1cccc(C(/C2=C/CCCCC=N2)c2cccc(C)c2C)c1. The van der Waals surface area contributed by atoms with Crippen LogP contribution < -0.4 is 5.32 Å². The van der Waals surface area contributed by atoms with Gasteiger partial charge in [0.15, 0.2) is 0 Å². The van der Waals surface area contributed by atoms with Gasteiger partial charge in [0.2, 0.25) is 0 Å². The van der Waals surface area contributed by atoms with Crippen LogP contribution in [-0.2, 0) is 0 Å². The Morgan fingerprint density at radius 2 is 1.80 bits per heavy atom. The lowest BCUT2D eigenvalue weighted by molar-refractivity contribution is 0.760. The minimum absolute atomic E-state index is 0.183. The molecule has 2 aromatic rings. The molecule has 0 saturated heterocycles.